The average molecular weight is 410 g/mol. The lowest BCUT2D eigenvalue weighted by Crippen LogP contribution is -2.61. The van der Waals surface area contributed by atoms with E-state index in [-0.39, 0.29) is 11.6 Å². The van der Waals surface area contributed by atoms with Crippen molar-refractivity contribution in [3.63, 3.8) is 0 Å². The normalized spacial score (nSPS) is 32.2. The summed E-state index contributed by atoms with van der Waals surface area (Å²) >= 11 is 1.92. The van der Waals surface area contributed by atoms with E-state index in [1.165, 1.54) is 78.8 Å². The van der Waals surface area contributed by atoms with E-state index < -0.39 is 0 Å². The molecule has 4 fully saturated rings. The summed E-state index contributed by atoms with van der Waals surface area (Å²) < 4.78 is 2.22. The molecule has 5 heteroatoms. The van der Waals surface area contributed by atoms with Gasteiger partial charge in [-0.25, -0.2) is 4.79 Å². The molecule has 5 aliphatic rings. The van der Waals surface area contributed by atoms with E-state index >= 15 is 0 Å². The van der Waals surface area contributed by atoms with Gasteiger partial charge in [0.15, 0.2) is 0 Å². The Labute approximate surface area is 177 Å². The molecular weight excluding hydrogens is 378 g/mol. The highest BCUT2D eigenvalue weighted by Gasteiger charge is 2.51. The lowest BCUT2D eigenvalue weighted by atomic mass is 9.53. The van der Waals surface area contributed by atoms with Crippen molar-refractivity contribution in [3.8, 4) is 5.00 Å². The molecule has 0 atom stereocenters. The number of carbonyl (C=O) groups is 1. The fourth-order valence-electron chi connectivity index (χ4n) is 7.20. The first kappa shape index (κ1) is 18.1. The lowest BCUT2D eigenvalue weighted by molar-refractivity contribution is -0.0135. The van der Waals surface area contributed by atoms with Crippen molar-refractivity contribution >= 4 is 17.4 Å². The van der Waals surface area contributed by atoms with Crippen molar-refractivity contribution in [2.45, 2.75) is 76.3 Å². The predicted octanol–water partition coefficient (Wildman–Crippen LogP) is 5.19. The van der Waals surface area contributed by atoms with E-state index in [4.69, 9.17) is 0 Å². The maximum atomic E-state index is 13.0. The van der Waals surface area contributed by atoms with Gasteiger partial charge in [-0.3, -0.25) is 0 Å². The second-order valence-electron chi connectivity index (χ2n) is 10.1. The first-order chi connectivity index (χ1) is 14.2. The molecule has 2 amide bonds. The highest BCUT2D eigenvalue weighted by atomic mass is 32.1. The molecule has 4 bridgehead atoms. The van der Waals surface area contributed by atoms with E-state index in [0.717, 1.165) is 24.2 Å². The molecule has 0 aliphatic heterocycles. The second kappa shape index (κ2) is 6.90. The summed E-state index contributed by atoms with van der Waals surface area (Å²) in [5.41, 5.74) is 2.91. The van der Waals surface area contributed by atoms with Crippen LogP contribution in [0.2, 0.25) is 0 Å². The molecule has 0 aromatic carbocycles. The first-order valence-electron chi connectivity index (χ1n) is 11.5. The number of carbonyl (C=O) groups excluding carboxylic acids is 1. The van der Waals surface area contributed by atoms with E-state index in [9.17, 15) is 4.79 Å². The van der Waals surface area contributed by atoms with Crippen LogP contribution in [0.15, 0.2) is 24.5 Å². The maximum absolute atomic E-state index is 13.0. The second-order valence-corrected chi connectivity index (χ2v) is 11.2. The predicted molar refractivity (Wildman–Crippen MR) is 117 cm³/mol. The Balaban J connectivity index is 1.19. The van der Waals surface area contributed by atoms with Crippen molar-refractivity contribution in [2.75, 3.05) is 0 Å². The number of rotatable bonds is 4. The summed E-state index contributed by atoms with van der Waals surface area (Å²) in [7, 11) is 0. The van der Waals surface area contributed by atoms with E-state index in [1.54, 1.807) is 0 Å². The largest absolute Gasteiger partial charge is 0.334 e. The third-order valence-corrected chi connectivity index (χ3v) is 9.29. The fraction of sp³-hybridized carbons (Fsp3) is 0.625. The number of hydrogen-bond acceptors (Lipinski definition) is 2. The molecule has 2 aromatic heterocycles. The number of nitrogens with zero attached hydrogens (tertiary/aromatic N) is 1. The third kappa shape index (κ3) is 3.22. The topological polar surface area (TPSA) is 46.1 Å². The van der Waals surface area contributed by atoms with E-state index in [2.05, 4.69) is 39.7 Å². The van der Waals surface area contributed by atoms with Crippen molar-refractivity contribution in [1.29, 1.82) is 0 Å². The minimum Gasteiger partial charge on any atom is -0.334 e. The van der Waals surface area contributed by atoms with Gasteiger partial charge in [0, 0.05) is 34.9 Å². The molecule has 5 aliphatic carbocycles. The number of urea groups is 1. The van der Waals surface area contributed by atoms with Gasteiger partial charge in [-0.2, -0.15) is 0 Å². The monoisotopic (exact) mass is 409 g/mol. The minimum atomic E-state index is 0.0427. The van der Waals surface area contributed by atoms with Crippen molar-refractivity contribution in [3.05, 3.63) is 40.5 Å². The molecular formula is C24H31N3OS. The van der Waals surface area contributed by atoms with Gasteiger partial charge in [0.1, 0.15) is 5.00 Å². The Bertz CT molecular complexity index is 878. The molecule has 154 valence electrons. The summed E-state index contributed by atoms with van der Waals surface area (Å²) in [6, 6.07) is 4.20. The Morgan fingerprint density at radius 3 is 2.38 bits per heavy atom. The smallest absolute Gasteiger partial charge is 0.315 e. The summed E-state index contributed by atoms with van der Waals surface area (Å²) in [4.78, 5) is 14.5. The number of nitrogens with one attached hydrogen (secondary N) is 2. The Hall–Kier alpha value is -1.75. The van der Waals surface area contributed by atoms with E-state index in [0.29, 0.717) is 6.54 Å². The highest BCUT2D eigenvalue weighted by Crippen LogP contribution is 2.55. The van der Waals surface area contributed by atoms with Gasteiger partial charge in [0.25, 0.3) is 0 Å². The van der Waals surface area contributed by atoms with Gasteiger partial charge in [-0.1, -0.05) is 0 Å². The van der Waals surface area contributed by atoms with Crippen LogP contribution in [0.3, 0.4) is 0 Å². The summed E-state index contributed by atoms with van der Waals surface area (Å²) in [6.07, 6.45) is 17.0. The number of aromatic nitrogens is 1. The molecule has 0 spiro atoms. The molecule has 0 saturated heterocycles. The van der Waals surface area contributed by atoms with Crippen LogP contribution in [0.1, 0.15) is 67.4 Å². The fourth-order valence-corrected chi connectivity index (χ4v) is 8.57. The zero-order chi connectivity index (χ0) is 19.4. The number of amides is 2. The summed E-state index contributed by atoms with van der Waals surface area (Å²) in [5, 5.41) is 8.01. The van der Waals surface area contributed by atoms with Crippen LogP contribution in [-0.4, -0.2) is 16.1 Å². The highest BCUT2D eigenvalue weighted by molar-refractivity contribution is 7.14. The summed E-state index contributed by atoms with van der Waals surface area (Å²) in [5.74, 6) is 2.56. The average Bonchev–Trinajstić information content (AvgIpc) is 3.32. The van der Waals surface area contributed by atoms with Crippen molar-refractivity contribution in [1.82, 2.24) is 15.2 Å². The van der Waals surface area contributed by atoms with Gasteiger partial charge in [0.2, 0.25) is 0 Å². The molecule has 7 rings (SSSR count). The molecule has 2 heterocycles. The molecule has 29 heavy (non-hydrogen) atoms. The van der Waals surface area contributed by atoms with Gasteiger partial charge in [-0.05, 0) is 99.7 Å². The van der Waals surface area contributed by atoms with Crippen LogP contribution in [0.4, 0.5) is 4.79 Å². The zero-order valence-corrected chi connectivity index (χ0v) is 17.9. The molecule has 2 N–H and O–H groups in total. The number of thiophene rings is 1. The van der Waals surface area contributed by atoms with Crippen LogP contribution in [0, 0.1) is 17.8 Å². The van der Waals surface area contributed by atoms with E-state index in [1.807, 2.05) is 11.3 Å². The summed E-state index contributed by atoms with van der Waals surface area (Å²) in [6.45, 7) is 0.636. The molecule has 4 nitrogen and oxygen atoms in total. The zero-order valence-electron chi connectivity index (χ0n) is 17.1. The van der Waals surface area contributed by atoms with Gasteiger partial charge >= 0.3 is 6.03 Å². The molecule has 2 aromatic rings. The Kier molecular flexibility index (Phi) is 4.30. The first-order valence-corrected chi connectivity index (χ1v) is 12.3. The number of fused-ring (bicyclic) bond motifs is 1. The standard InChI is InChI=1S/C24H31N3OS/c28-23(26-24-12-16-9-17(13-24)11-18(10-16)14-24)25-15-20-19-5-1-2-6-21(19)29-22(20)27-7-3-4-8-27/h3-4,7-8,16-18H,1-2,5-6,9-15H2,(H2,25,26,28). The number of aryl methyl sites for hydroxylation is 1. The van der Waals surface area contributed by atoms with Gasteiger partial charge < -0.3 is 15.2 Å². The Morgan fingerprint density at radius 2 is 1.69 bits per heavy atom. The number of hydrogen-bond donors (Lipinski definition) is 2. The quantitative estimate of drug-likeness (QED) is 0.718. The molecule has 0 unspecified atom stereocenters. The molecule has 4 saturated carbocycles. The maximum Gasteiger partial charge on any atom is 0.315 e. The Morgan fingerprint density at radius 1 is 1.03 bits per heavy atom. The van der Waals surface area contributed by atoms with Gasteiger partial charge in [-0.15, -0.1) is 11.3 Å². The van der Waals surface area contributed by atoms with Crippen LogP contribution >= 0.6 is 11.3 Å². The van der Waals surface area contributed by atoms with Crippen molar-refractivity contribution in [2.24, 2.45) is 17.8 Å². The van der Waals surface area contributed by atoms with Crippen LogP contribution in [0.5, 0.6) is 0 Å². The van der Waals surface area contributed by atoms with Crippen molar-refractivity contribution < 1.29 is 4.79 Å². The minimum absolute atomic E-state index is 0.0427. The van der Waals surface area contributed by atoms with Gasteiger partial charge in [0.05, 0.1) is 0 Å². The molecule has 0 radical (unpaired) electrons. The third-order valence-electron chi connectivity index (χ3n) is 7.94. The van der Waals surface area contributed by atoms with Crippen LogP contribution in [0.25, 0.3) is 5.00 Å². The van der Waals surface area contributed by atoms with Crippen LogP contribution < -0.4 is 10.6 Å². The lowest BCUT2D eigenvalue weighted by Gasteiger charge is -2.56. The van der Waals surface area contributed by atoms with Crippen LogP contribution in [-0.2, 0) is 19.4 Å². The SMILES string of the molecule is O=C(NCc1c(-n2cccc2)sc2c1CCCC2)NC12CC3CC(CC(C3)C1)C2.